The van der Waals surface area contributed by atoms with Crippen molar-refractivity contribution in [3.8, 4) is 0 Å². The third kappa shape index (κ3) is 4.10. The Bertz CT molecular complexity index is 145. The van der Waals surface area contributed by atoms with E-state index in [1.807, 2.05) is 0 Å². The van der Waals surface area contributed by atoms with Crippen molar-refractivity contribution in [2.45, 2.75) is 46.1 Å². The standard InChI is InChI=1S/C11H23NO/c1-11(2,3)4-5-13-10-6-9(7-10)8-12/h9-10H,4-8,12H2,1-3H3. The zero-order valence-corrected chi connectivity index (χ0v) is 9.18. The molecule has 0 heterocycles. The lowest BCUT2D eigenvalue weighted by Crippen LogP contribution is -2.36. The molecule has 0 saturated heterocycles. The van der Waals surface area contributed by atoms with Crippen molar-refractivity contribution >= 4 is 0 Å². The van der Waals surface area contributed by atoms with E-state index in [9.17, 15) is 0 Å². The maximum Gasteiger partial charge on any atom is 0.0581 e. The summed E-state index contributed by atoms with van der Waals surface area (Å²) in [5.41, 5.74) is 5.94. The number of rotatable bonds is 4. The highest BCUT2D eigenvalue weighted by Crippen LogP contribution is 2.29. The molecule has 0 aromatic rings. The molecular formula is C11H23NO. The molecule has 0 aliphatic heterocycles. The van der Waals surface area contributed by atoms with E-state index < -0.39 is 0 Å². The summed E-state index contributed by atoms with van der Waals surface area (Å²) in [7, 11) is 0. The van der Waals surface area contributed by atoms with Gasteiger partial charge in [-0.05, 0) is 37.1 Å². The Hall–Kier alpha value is -0.0800. The maximum absolute atomic E-state index is 5.73. The Kier molecular flexibility index (Phi) is 3.74. The largest absolute Gasteiger partial charge is 0.378 e. The molecule has 0 atom stereocenters. The third-order valence-corrected chi connectivity index (χ3v) is 2.73. The van der Waals surface area contributed by atoms with E-state index in [0.29, 0.717) is 11.5 Å². The molecule has 1 rings (SSSR count). The zero-order valence-electron chi connectivity index (χ0n) is 9.18. The predicted molar refractivity (Wildman–Crippen MR) is 55.6 cm³/mol. The van der Waals surface area contributed by atoms with Crippen LogP contribution < -0.4 is 5.73 Å². The third-order valence-electron chi connectivity index (χ3n) is 2.73. The average Bonchev–Trinajstić information content (AvgIpc) is 1.91. The predicted octanol–water partition coefficient (Wildman–Crippen LogP) is 2.18. The summed E-state index contributed by atoms with van der Waals surface area (Å²) in [5, 5.41) is 0. The second kappa shape index (κ2) is 4.43. The van der Waals surface area contributed by atoms with Crippen LogP contribution in [0.3, 0.4) is 0 Å². The topological polar surface area (TPSA) is 35.2 Å². The fourth-order valence-electron chi connectivity index (χ4n) is 1.53. The molecule has 0 amide bonds. The fraction of sp³-hybridized carbons (Fsp3) is 1.00. The van der Waals surface area contributed by atoms with Crippen molar-refractivity contribution in [2.75, 3.05) is 13.2 Å². The highest BCUT2D eigenvalue weighted by atomic mass is 16.5. The van der Waals surface area contributed by atoms with Gasteiger partial charge in [0, 0.05) is 6.61 Å². The summed E-state index contributed by atoms with van der Waals surface area (Å²) >= 11 is 0. The molecule has 1 aliphatic carbocycles. The van der Waals surface area contributed by atoms with Gasteiger partial charge in [-0.15, -0.1) is 0 Å². The summed E-state index contributed by atoms with van der Waals surface area (Å²) in [5.74, 6) is 0.736. The van der Waals surface area contributed by atoms with E-state index in [4.69, 9.17) is 10.5 Å². The van der Waals surface area contributed by atoms with Gasteiger partial charge in [0.1, 0.15) is 0 Å². The van der Waals surface area contributed by atoms with E-state index >= 15 is 0 Å². The molecule has 1 fully saturated rings. The molecule has 0 spiro atoms. The van der Waals surface area contributed by atoms with Crippen molar-refractivity contribution in [3.05, 3.63) is 0 Å². The number of hydrogen-bond acceptors (Lipinski definition) is 2. The van der Waals surface area contributed by atoms with Crippen LogP contribution in [0.15, 0.2) is 0 Å². The van der Waals surface area contributed by atoms with E-state index in [-0.39, 0.29) is 0 Å². The SMILES string of the molecule is CC(C)(C)CCOC1CC(CN)C1. The Morgan fingerprint density at radius 1 is 1.31 bits per heavy atom. The first-order chi connectivity index (χ1) is 6.01. The lowest BCUT2D eigenvalue weighted by atomic mass is 9.82. The molecule has 0 bridgehead atoms. The highest BCUT2D eigenvalue weighted by molar-refractivity contribution is 4.80. The number of nitrogens with two attached hydrogens (primary N) is 1. The van der Waals surface area contributed by atoms with Gasteiger partial charge in [-0.2, -0.15) is 0 Å². The molecule has 0 aromatic carbocycles. The zero-order chi connectivity index (χ0) is 9.90. The molecule has 1 aliphatic rings. The van der Waals surface area contributed by atoms with Crippen molar-refractivity contribution < 1.29 is 4.74 Å². The van der Waals surface area contributed by atoms with Crippen LogP contribution >= 0.6 is 0 Å². The smallest absolute Gasteiger partial charge is 0.0581 e. The molecule has 2 N–H and O–H groups in total. The van der Waals surface area contributed by atoms with Gasteiger partial charge in [-0.3, -0.25) is 0 Å². The molecule has 1 saturated carbocycles. The van der Waals surface area contributed by atoms with Gasteiger partial charge in [0.25, 0.3) is 0 Å². The summed E-state index contributed by atoms with van der Waals surface area (Å²) in [4.78, 5) is 0. The second-order valence-electron chi connectivity index (χ2n) is 5.38. The van der Waals surface area contributed by atoms with Crippen LogP contribution in [0.2, 0.25) is 0 Å². The van der Waals surface area contributed by atoms with Gasteiger partial charge in [0.2, 0.25) is 0 Å². The van der Waals surface area contributed by atoms with Gasteiger partial charge in [-0.25, -0.2) is 0 Å². The number of hydrogen-bond donors (Lipinski definition) is 1. The highest BCUT2D eigenvalue weighted by Gasteiger charge is 2.28. The summed E-state index contributed by atoms with van der Waals surface area (Å²) in [6.07, 6.45) is 4.02. The second-order valence-corrected chi connectivity index (χ2v) is 5.38. The quantitative estimate of drug-likeness (QED) is 0.728. The van der Waals surface area contributed by atoms with Gasteiger partial charge >= 0.3 is 0 Å². The summed E-state index contributed by atoms with van der Waals surface area (Å²) in [6.45, 7) is 8.49. The van der Waals surface area contributed by atoms with Crippen molar-refractivity contribution in [2.24, 2.45) is 17.1 Å². The van der Waals surface area contributed by atoms with Crippen molar-refractivity contribution in [1.82, 2.24) is 0 Å². The molecule has 0 radical (unpaired) electrons. The lowest BCUT2D eigenvalue weighted by Gasteiger charge is -2.34. The van der Waals surface area contributed by atoms with E-state index in [1.54, 1.807) is 0 Å². The number of ether oxygens (including phenoxy) is 1. The van der Waals surface area contributed by atoms with Crippen molar-refractivity contribution in [1.29, 1.82) is 0 Å². The molecule has 0 aromatic heterocycles. The van der Waals surface area contributed by atoms with Crippen LogP contribution in [-0.4, -0.2) is 19.3 Å². The van der Waals surface area contributed by atoms with Crippen LogP contribution in [0.4, 0.5) is 0 Å². The maximum atomic E-state index is 5.73. The minimum absolute atomic E-state index is 0.400. The fourth-order valence-corrected chi connectivity index (χ4v) is 1.53. The van der Waals surface area contributed by atoms with Crippen LogP contribution in [0, 0.1) is 11.3 Å². The average molecular weight is 185 g/mol. The van der Waals surface area contributed by atoms with Gasteiger partial charge < -0.3 is 10.5 Å². The van der Waals surface area contributed by atoms with Crippen LogP contribution in [0.1, 0.15) is 40.0 Å². The normalized spacial score (nSPS) is 28.6. The molecule has 0 unspecified atom stereocenters. The molecular weight excluding hydrogens is 162 g/mol. The Labute approximate surface area is 81.8 Å². The molecule has 78 valence electrons. The molecule has 13 heavy (non-hydrogen) atoms. The van der Waals surface area contributed by atoms with Crippen LogP contribution in [0.25, 0.3) is 0 Å². The van der Waals surface area contributed by atoms with E-state index in [1.165, 1.54) is 12.8 Å². The Morgan fingerprint density at radius 2 is 1.92 bits per heavy atom. The minimum Gasteiger partial charge on any atom is -0.378 e. The van der Waals surface area contributed by atoms with Crippen molar-refractivity contribution in [3.63, 3.8) is 0 Å². The van der Waals surface area contributed by atoms with Gasteiger partial charge in [0.15, 0.2) is 0 Å². The van der Waals surface area contributed by atoms with Gasteiger partial charge in [0.05, 0.1) is 6.10 Å². The Morgan fingerprint density at radius 3 is 2.38 bits per heavy atom. The van der Waals surface area contributed by atoms with Crippen LogP contribution in [0.5, 0.6) is 0 Å². The monoisotopic (exact) mass is 185 g/mol. The summed E-state index contributed by atoms with van der Waals surface area (Å²) < 4.78 is 5.73. The van der Waals surface area contributed by atoms with Gasteiger partial charge in [-0.1, -0.05) is 20.8 Å². The van der Waals surface area contributed by atoms with E-state index in [2.05, 4.69) is 20.8 Å². The summed E-state index contributed by atoms with van der Waals surface area (Å²) in [6, 6.07) is 0. The van der Waals surface area contributed by atoms with Crippen LogP contribution in [-0.2, 0) is 4.74 Å². The first-order valence-electron chi connectivity index (χ1n) is 5.33. The first-order valence-corrected chi connectivity index (χ1v) is 5.33. The molecule has 2 nitrogen and oxygen atoms in total. The lowest BCUT2D eigenvalue weighted by molar-refractivity contribution is -0.0358. The van der Waals surface area contributed by atoms with E-state index in [0.717, 1.165) is 25.5 Å². The Balaban J connectivity index is 1.97. The first kappa shape index (κ1) is 11.0. The minimum atomic E-state index is 0.400. The molecule has 2 heteroatoms.